The lowest BCUT2D eigenvalue weighted by molar-refractivity contribution is -0.152. The zero-order chi connectivity index (χ0) is 24.4. The van der Waals surface area contributed by atoms with Crippen molar-refractivity contribution >= 4 is 18.0 Å². The molecule has 0 bridgehead atoms. The van der Waals surface area contributed by atoms with Crippen molar-refractivity contribution in [2.45, 2.75) is 62.9 Å². The number of carbonyl (C=O) groups excluding carboxylic acids is 2. The fourth-order valence-electron chi connectivity index (χ4n) is 6.09. The van der Waals surface area contributed by atoms with E-state index in [0.29, 0.717) is 13.0 Å². The molecule has 0 spiro atoms. The molecule has 0 aromatic heterocycles. The average Bonchev–Trinajstić information content (AvgIpc) is 3.44. The van der Waals surface area contributed by atoms with Gasteiger partial charge in [0.25, 0.3) is 0 Å². The second kappa shape index (κ2) is 10.1. The Morgan fingerprint density at radius 3 is 2.29 bits per heavy atom. The first-order chi connectivity index (χ1) is 17.0. The first-order valence-electron chi connectivity index (χ1n) is 12.7. The molecule has 2 aromatic carbocycles. The number of ether oxygens (including phenoxy) is 1. The number of aliphatic carboxylic acids is 1. The van der Waals surface area contributed by atoms with Crippen LogP contribution >= 0.6 is 0 Å². The number of benzene rings is 2. The third kappa shape index (κ3) is 4.77. The van der Waals surface area contributed by atoms with Crippen LogP contribution in [0.1, 0.15) is 62.0 Å². The number of hydrogen-bond acceptors (Lipinski definition) is 4. The molecule has 2 aliphatic carbocycles. The third-order valence-electron chi connectivity index (χ3n) is 7.85. The SMILES string of the molecule is O=C(NC1CCCC1CC(=O)N1CCCC[C@H]1C(=O)O)OCC1c2ccccc2-c2ccccc21. The van der Waals surface area contributed by atoms with Crippen LogP contribution in [-0.4, -0.2) is 53.2 Å². The van der Waals surface area contributed by atoms with Gasteiger partial charge in [-0.15, -0.1) is 0 Å². The number of rotatable bonds is 6. The fraction of sp³-hybridized carbons (Fsp3) is 0.464. The summed E-state index contributed by atoms with van der Waals surface area (Å²) in [7, 11) is 0. The molecule has 2 amide bonds. The quantitative estimate of drug-likeness (QED) is 0.638. The summed E-state index contributed by atoms with van der Waals surface area (Å²) < 4.78 is 5.70. The van der Waals surface area contributed by atoms with Gasteiger partial charge in [0.1, 0.15) is 12.6 Å². The Hall–Kier alpha value is -3.35. The zero-order valence-corrected chi connectivity index (χ0v) is 19.8. The van der Waals surface area contributed by atoms with Crippen LogP contribution in [0, 0.1) is 5.92 Å². The van der Waals surface area contributed by atoms with Gasteiger partial charge < -0.3 is 20.1 Å². The lowest BCUT2D eigenvalue weighted by atomic mass is 9.96. The topological polar surface area (TPSA) is 95.9 Å². The van der Waals surface area contributed by atoms with E-state index in [9.17, 15) is 19.5 Å². The van der Waals surface area contributed by atoms with E-state index in [4.69, 9.17) is 4.74 Å². The number of amides is 2. The maximum absolute atomic E-state index is 13.0. The van der Waals surface area contributed by atoms with Gasteiger partial charge in [-0.25, -0.2) is 9.59 Å². The first-order valence-corrected chi connectivity index (χ1v) is 12.7. The number of fused-ring (bicyclic) bond motifs is 3. The predicted octanol–water partition coefficient (Wildman–Crippen LogP) is 4.55. The number of carbonyl (C=O) groups is 3. The second-order valence-electron chi connectivity index (χ2n) is 9.91. The van der Waals surface area contributed by atoms with Gasteiger partial charge in [-0.3, -0.25) is 4.79 Å². The van der Waals surface area contributed by atoms with Gasteiger partial charge in [-0.1, -0.05) is 55.0 Å². The summed E-state index contributed by atoms with van der Waals surface area (Å²) in [5.41, 5.74) is 4.70. The lowest BCUT2D eigenvalue weighted by Gasteiger charge is -2.34. The molecule has 184 valence electrons. The van der Waals surface area contributed by atoms with Gasteiger partial charge in [-0.2, -0.15) is 0 Å². The van der Waals surface area contributed by atoms with Gasteiger partial charge in [0, 0.05) is 24.9 Å². The Morgan fingerprint density at radius 2 is 1.60 bits per heavy atom. The molecule has 7 nitrogen and oxygen atoms in total. The number of carboxylic acid groups (broad SMARTS) is 1. The van der Waals surface area contributed by atoms with Crippen molar-refractivity contribution in [3.63, 3.8) is 0 Å². The summed E-state index contributed by atoms with van der Waals surface area (Å²) in [4.78, 5) is 38.8. The lowest BCUT2D eigenvalue weighted by Crippen LogP contribution is -2.49. The van der Waals surface area contributed by atoms with Crippen molar-refractivity contribution in [2.75, 3.05) is 13.2 Å². The van der Waals surface area contributed by atoms with Gasteiger partial charge in [-0.05, 0) is 60.3 Å². The maximum Gasteiger partial charge on any atom is 0.407 e. The summed E-state index contributed by atoms with van der Waals surface area (Å²) in [6.45, 7) is 0.747. The van der Waals surface area contributed by atoms with Gasteiger partial charge in [0.15, 0.2) is 0 Å². The number of alkyl carbamates (subject to hydrolysis) is 1. The van der Waals surface area contributed by atoms with Crippen molar-refractivity contribution in [1.29, 1.82) is 0 Å². The van der Waals surface area contributed by atoms with Crippen molar-refractivity contribution in [2.24, 2.45) is 5.92 Å². The highest BCUT2D eigenvalue weighted by Crippen LogP contribution is 2.44. The standard InChI is InChI=1S/C28H32N2O5/c31-26(30-15-6-5-14-25(30)27(32)33)16-18-8-7-13-24(18)29-28(34)35-17-23-21-11-3-1-9-19(21)20-10-2-4-12-22(20)23/h1-4,9-12,18,23-25H,5-8,13-17H2,(H,29,34)(H,32,33)/t18?,24?,25-/m0/s1. The minimum absolute atomic E-state index is 0.000598. The molecule has 5 rings (SSSR count). The zero-order valence-electron chi connectivity index (χ0n) is 19.8. The highest BCUT2D eigenvalue weighted by atomic mass is 16.5. The molecule has 3 aliphatic rings. The maximum atomic E-state index is 13.0. The van der Waals surface area contributed by atoms with Crippen molar-refractivity contribution in [3.8, 4) is 11.1 Å². The molecule has 2 N–H and O–H groups in total. The Bertz CT molecular complexity index is 1070. The van der Waals surface area contributed by atoms with E-state index in [1.165, 1.54) is 27.2 Å². The minimum atomic E-state index is -0.933. The normalized spacial score (nSPS) is 23.4. The minimum Gasteiger partial charge on any atom is -0.480 e. The van der Waals surface area contributed by atoms with Crippen LogP contribution in [0.4, 0.5) is 4.79 Å². The summed E-state index contributed by atoms with van der Waals surface area (Å²) in [6, 6.07) is 15.6. The van der Waals surface area contributed by atoms with Crippen molar-refractivity contribution < 1.29 is 24.2 Å². The van der Waals surface area contributed by atoms with E-state index in [1.807, 2.05) is 24.3 Å². The molecule has 7 heteroatoms. The molecule has 1 aliphatic heterocycles. The van der Waals surface area contributed by atoms with Crippen LogP contribution in [0.25, 0.3) is 11.1 Å². The molecule has 1 heterocycles. The second-order valence-corrected chi connectivity index (χ2v) is 9.91. The molecular formula is C28H32N2O5. The van der Waals surface area contributed by atoms with Gasteiger partial charge >= 0.3 is 12.1 Å². The molecule has 0 radical (unpaired) electrons. The first kappa shape index (κ1) is 23.4. The molecule has 2 fully saturated rings. The highest BCUT2D eigenvalue weighted by molar-refractivity contribution is 5.84. The van der Waals surface area contributed by atoms with Gasteiger partial charge in [0.2, 0.25) is 5.91 Å². The van der Waals surface area contributed by atoms with Crippen LogP contribution in [0.2, 0.25) is 0 Å². The number of nitrogens with zero attached hydrogens (tertiary/aromatic N) is 1. The summed E-state index contributed by atoms with van der Waals surface area (Å²) in [6.07, 6.45) is 4.53. The fourth-order valence-corrected chi connectivity index (χ4v) is 6.09. The van der Waals surface area contributed by atoms with Crippen LogP contribution in [0.15, 0.2) is 48.5 Å². The van der Waals surface area contributed by atoms with E-state index in [0.717, 1.165) is 32.1 Å². The average molecular weight is 477 g/mol. The van der Waals surface area contributed by atoms with E-state index in [1.54, 1.807) is 0 Å². The van der Waals surface area contributed by atoms with Crippen molar-refractivity contribution in [3.05, 3.63) is 59.7 Å². The number of piperidine rings is 1. The summed E-state index contributed by atoms with van der Waals surface area (Å²) in [5, 5.41) is 12.5. The Balaban J connectivity index is 1.18. The molecular weight excluding hydrogens is 444 g/mol. The van der Waals surface area contributed by atoms with E-state index >= 15 is 0 Å². The molecule has 35 heavy (non-hydrogen) atoms. The Morgan fingerprint density at radius 1 is 0.914 bits per heavy atom. The van der Waals surface area contributed by atoms with E-state index < -0.39 is 18.1 Å². The number of hydrogen-bond donors (Lipinski definition) is 2. The molecule has 1 saturated carbocycles. The van der Waals surface area contributed by atoms with E-state index in [2.05, 4.69) is 29.6 Å². The van der Waals surface area contributed by atoms with Gasteiger partial charge in [0.05, 0.1) is 0 Å². The molecule has 2 aromatic rings. The highest BCUT2D eigenvalue weighted by Gasteiger charge is 2.37. The molecule has 3 atom stereocenters. The number of nitrogens with one attached hydrogen (secondary N) is 1. The third-order valence-corrected chi connectivity index (χ3v) is 7.85. The van der Waals surface area contributed by atoms with Crippen LogP contribution in [-0.2, 0) is 14.3 Å². The van der Waals surface area contributed by atoms with E-state index in [-0.39, 0.29) is 36.8 Å². The summed E-state index contributed by atoms with van der Waals surface area (Å²) >= 11 is 0. The largest absolute Gasteiger partial charge is 0.480 e. The van der Waals surface area contributed by atoms with Crippen molar-refractivity contribution in [1.82, 2.24) is 10.2 Å². The summed E-state index contributed by atoms with van der Waals surface area (Å²) in [5.74, 6) is -1.05. The van der Waals surface area contributed by atoms with Crippen LogP contribution < -0.4 is 5.32 Å². The number of carboxylic acids is 1. The smallest absolute Gasteiger partial charge is 0.407 e. The monoisotopic (exact) mass is 476 g/mol. The van der Waals surface area contributed by atoms with Crippen LogP contribution in [0.3, 0.4) is 0 Å². The molecule has 2 unspecified atom stereocenters. The predicted molar refractivity (Wildman–Crippen MR) is 131 cm³/mol. The molecule has 1 saturated heterocycles. The number of likely N-dealkylation sites (tertiary alicyclic amines) is 1. The van der Waals surface area contributed by atoms with Crippen LogP contribution in [0.5, 0.6) is 0 Å². The Kier molecular flexibility index (Phi) is 6.75. The Labute approximate surface area is 205 Å².